The SMILES string of the molecule is CN=C(NCCCCN1CCCC1)N(C)CCOCC1CC1.I. The maximum atomic E-state index is 5.69. The Bertz CT molecular complexity index is 331. The van der Waals surface area contributed by atoms with Crippen molar-refractivity contribution in [3.63, 3.8) is 0 Å². The largest absolute Gasteiger partial charge is 0.379 e. The molecule has 0 aromatic heterocycles. The van der Waals surface area contributed by atoms with E-state index in [9.17, 15) is 0 Å². The first-order chi connectivity index (χ1) is 10.8. The number of hydrogen-bond donors (Lipinski definition) is 1. The van der Waals surface area contributed by atoms with Crippen molar-refractivity contribution in [2.24, 2.45) is 10.9 Å². The minimum Gasteiger partial charge on any atom is -0.379 e. The Hall–Kier alpha value is -0.0800. The van der Waals surface area contributed by atoms with E-state index in [1.54, 1.807) is 0 Å². The lowest BCUT2D eigenvalue weighted by Crippen LogP contribution is -2.41. The molecule has 0 aromatic rings. The van der Waals surface area contributed by atoms with E-state index in [0.29, 0.717) is 0 Å². The topological polar surface area (TPSA) is 40.1 Å². The van der Waals surface area contributed by atoms with Crippen molar-refractivity contribution in [1.82, 2.24) is 15.1 Å². The number of halogens is 1. The van der Waals surface area contributed by atoms with Gasteiger partial charge in [0.1, 0.15) is 0 Å². The van der Waals surface area contributed by atoms with Crippen LogP contribution in [0.15, 0.2) is 4.99 Å². The van der Waals surface area contributed by atoms with E-state index in [0.717, 1.165) is 38.2 Å². The predicted molar refractivity (Wildman–Crippen MR) is 108 cm³/mol. The molecule has 2 aliphatic rings. The Balaban J connectivity index is 0.00000264. The minimum absolute atomic E-state index is 0. The van der Waals surface area contributed by atoms with Crippen LogP contribution in [0, 0.1) is 5.92 Å². The summed E-state index contributed by atoms with van der Waals surface area (Å²) in [6, 6.07) is 0. The highest BCUT2D eigenvalue weighted by Crippen LogP contribution is 2.28. The van der Waals surface area contributed by atoms with Crippen LogP contribution in [0.3, 0.4) is 0 Å². The zero-order chi connectivity index (χ0) is 15.6. The number of rotatable bonds is 10. The average Bonchev–Trinajstić information content (AvgIpc) is 3.21. The summed E-state index contributed by atoms with van der Waals surface area (Å²) in [5.74, 6) is 1.83. The van der Waals surface area contributed by atoms with Crippen molar-refractivity contribution in [1.29, 1.82) is 0 Å². The van der Waals surface area contributed by atoms with E-state index in [2.05, 4.69) is 27.2 Å². The van der Waals surface area contributed by atoms with Crippen molar-refractivity contribution < 1.29 is 4.74 Å². The summed E-state index contributed by atoms with van der Waals surface area (Å²) in [5, 5.41) is 3.46. The van der Waals surface area contributed by atoms with Gasteiger partial charge in [0.25, 0.3) is 0 Å². The maximum Gasteiger partial charge on any atom is 0.193 e. The van der Waals surface area contributed by atoms with Crippen molar-refractivity contribution in [2.45, 2.75) is 38.5 Å². The van der Waals surface area contributed by atoms with E-state index >= 15 is 0 Å². The molecule has 2 rings (SSSR count). The summed E-state index contributed by atoms with van der Waals surface area (Å²) in [5.41, 5.74) is 0. The Morgan fingerprint density at radius 2 is 2.00 bits per heavy atom. The lowest BCUT2D eigenvalue weighted by atomic mass is 10.3. The molecule has 0 radical (unpaired) electrons. The predicted octanol–water partition coefficient (Wildman–Crippen LogP) is 2.41. The van der Waals surface area contributed by atoms with Gasteiger partial charge in [-0.05, 0) is 64.1 Å². The molecule has 1 N–H and O–H groups in total. The normalized spacial score (nSPS) is 18.8. The molecule has 0 atom stereocenters. The Kier molecular flexibility index (Phi) is 11.2. The van der Waals surface area contributed by atoms with E-state index in [-0.39, 0.29) is 24.0 Å². The van der Waals surface area contributed by atoms with Gasteiger partial charge in [-0.15, -0.1) is 24.0 Å². The molecular formula is C17H35IN4O. The van der Waals surface area contributed by atoms with Gasteiger partial charge in [-0.2, -0.15) is 0 Å². The second-order valence-corrected chi connectivity index (χ2v) is 6.67. The fourth-order valence-corrected chi connectivity index (χ4v) is 2.89. The molecule has 0 amide bonds. The van der Waals surface area contributed by atoms with Crippen molar-refractivity contribution in [2.75, 3.05) is 60.0 Å². The van der Waals surface area contributed by atoms with Crippen LogP contribution >= 0.6 is 24.0 Å². The van der Waals surface area contributed by atoms with Crippen LogP contribution in [-0.2, 0) is 4.74 Å². The molecule has 1 saturated carbocycles. The summed E-state index contributed by atoms with van der Waals surface area (Å²) in [6.07, 6.45) is 7.98. The van der Waals surface area contributed by atoms with E-state index < -0.39 is 0 Å². The number of ether oxygens (including phenoxy) is 1. The van der Waals surface area contributed by atoms with Crippen molar-refractivity contribution in [3.05, 3.63) is 0 Å². The summed E-state index contributed by atoms with van der Waals surface area (Å²) in [7, 11) is 3.94. The van der Waals surface area contributed by atoms with Crippen LogP contribution in [0.1, 0.15) is 38.5 Å². The maximum absolute atomic E-state index is 5.69. The lowest BCUT2D eigenvalue weighted by molar-refractivity contribution is 0.115. The summed E-state index contributed by atoms with van der Waals surface area (Å²) in [6.45, 7) is 7.51. The first-order valence-electron chi connectivity index (χ1n) is 9.01. The average molecular weight is 438 g/mol. The van der Waals surface area contributed by atoms with Crippen LogP contribution < -0.4 is 5.32 Å². The van der Waals surface area contributed by atoms with Gasteiger partial charge in [0.05, 0.1) is 6.61 Å². The number of likely N-dealkylation sites (N-methyl/N-ethyl adjacent to an activating group) is 1. The second kappa shape index (κ2) is 12.3. The molecule has 0 spiro atoms. The van der Waals surface area contributed by atoms with Crippen LogP contribution in [0.2, 0.25) is 0 Å². The Labute approximate surface area is 159 Å². The third kappa shape index (κ3) is 9.10. The number of aliphatic imine (C=N–C) groups is 1. The molecule has 1 saturated heterocycles. The van der Waals surface area contributed by atoms with Crippen LogP contribution in [-0.4, -0.2) is 75.8 Å². The van der Waals surface area contributed by atoms with Gasteiger partial charge >= 0.3 is 0 Å². The highest BCUT2D eigenvalue weighted by molar-refractivity contribution is 14.0. The number of hydrogen-bond acceptors (Lipinski definition) is 3. The molecular weight excluding hydrogens is 403 g/mol. The lowest BCUT2D eigenvalue weighted by Gasteiger charge is -2.22. The molecule has 0 unspecified atom stereocenters. The monoisotopic (exact) mass is 438 g/mol. The van der Waals surface area contributed by atoms with Gasteiger partial charge in [0.2, 0.25) is 0 Å². The Morgan fingerprint density at radius 1 is 1.26 bits per heavy atom. The molecule has 136 valence electrons. The van der Waals surface area contributed by atoms with Gasteiger partial charge in [-0.25, -0.2) is 0 Å². The number of unbranched alkanes of at least 4 members (excludes halogenated alkanes) is 1. The van der Waals surface area contributed by atoms with Crippen LogP contribution in [0.25, 0.3) is 0 Å². The molecule has 0 aromatic carbocycles. The number of guanidine groups is 1. The van der Waals surface area contributed by atoms with E-state index in [1.165, 1.54) is 58.2 Å². The molecule has 1 heterocycles. The molecule has 23 heavy (non-hydrogen) atoms. The Morgan fingerprint density at radius 3 is 2.65 bits per heavy atom. The zero-order valence-electron chi connectivity index (χ0n) is 14.9. The van der Waals surface area contributed by atoms with E-state index in [1.807, 2.05) is 7.05 Å². The third-order valence-corrected chi connectivity index (χ3v) is 4.58. The molecule has 1 aliphatic carbocycles. The fraction of sp³-hybridized carbons (Fsp3) is 0.941. The van der Waals surface area contributed by atoms with Crippen molar-refractivity contribution >= 4 is 29.9 Å². The second-order valence-electron chi connectivity index (χ2n) is 6.67. The highest BCUT2D eigenvalue weighted by atomic mass is 127. The fourth-order valence-electron chi connectivity index (χ4n) is 2.89. The zero-order valence-corrected chi connectivity index (χ0v) is 17.3. The third-order valence-electron chi connectivity index (χ3n) is 4.58. The standard InChI is InChI=1S/C17H34N4O.HI/c1-18-17(20(2)13-14-22-15-16-7-8-16)19-9-3-4-10-21-11-5-6-12-21;/h16H,3-15H2,1-2H3,(H,18,19);1H. The first kappa shape index (κ1) is 21.0. The van der Waals surface area contributed by atoms with Gasteiger partial charge in [0.15, 0.2) is 5.96 Å². The van der Waals surface area contributed by atoms with Gasteiger partial charge in [0, 0.05) is 33.8 Å². The first-order valence-corrected chi connectivity index (χ1v) is 9.01. The van der Waals surface area contributed by atoms with Crippen molar-refractivity contribution in [3.8, 4) is 0 Å². The summed E-state index contributed by atoms with van der Waals surface area (Å²) >= 11 is 0. The molecule has 1 aliphatic heterocycles. The van der Waals surface area contributed by atoms with Gasteiger partial charge < -0.3 is 19.9 Å². The quantitative estimate of drug-likeness (QED) is 0.246. The highest BCUT2D eigenvalue weighted by Gasteiger charge is 2.21. The molecule has 6 heteroatoms. The van der Waals surface area contributed by atoms with E-state index in [4.69, 9.17) is 4.74 Å². The van der Waals surface area contributed by atoms with Crippen LogP contribution in [0.4, 0.5) is 0 Å². The minimum atomic E-state index is 0. The number of nitrogens with one attached hydrogen (secondary N) is 1. The molecule has 2 fully saturated rings. The molecule has 0 bridgehead atoms. The number of nitrogens with zero attached hydrogens (tertiary/aromatic N) is 3. The summed E-state index contributed by atoms with van der Waals surface area (Å²) in [4.78, 5) is 9.10. The van der Waals surface area contributed by atoms with Gasteiger partial charge in [-0.1, -0.05) is 0 Å². The van der Waals surface area contributed by atoms with Gasteiger partial charge in [-0.3, -0.25) is 4.99 Å². The number of likely N-dealkylation sites (tertiary alicyclic amines) is 1. The smallest absolute Gasteiger partial charge is 0.193 e. The summed E-state index contributed by atoms with van der Waals surface area (Å²) < 4.78 is 5.69. The molecule has 5 nitrogen and oxygen atoms in total. The van der Waals surface area contributed by atoms with Crippen LogP contribution in [0.5, 0.6) is 0 Å².